The summed E-state index contributed by atoms with van der Waals surface area (Å²) >= 11 is 0. The van der Waals surface area contributed by atoms with E-state index in [1.165, 1.54) is 0 Å². The Labute approximate surface area is 135 Å². The Morgan fingerprint density at radius 2 is 1.87 bits per heavy atom. The zero-order chi connectivity index (χ0) is 15.7. The molecule has 2 aliphatic heterocycles. The molecule has 4 aliphatic rings. The minimum Gasteiger partial charge on any atom is -0.322 e. The van der Waals surface area contributed by atoms with Gasteiger partial charge in [-0.2, -0.15) is 0 Å². The summed E-state index contributed by atoms with van der Waals surface area (Å²) < 4.78 is 0. The number of amides is 2. The molecule has 5 rings (SSSR count). The standard InChI is InChI=1S/C18H21N3O2/c22-15-18(13-5-1-2-6-14(13)19-15)20-17(9-3-4-10-17)16(23)21(18)11-12-7-8-12/h1-2,5-6,12,20H,3-4,7-11H2,(H,19,22)/t18-/m0/s1. The molecule has 2 spiro atoms. The summed E-state index contributed by atoms with van der Waals surface area (Å²) in [7, 11) is 0. The molecule has 5 heteroatoms. The molecule has 5 nitrogen and oxygen atoms in total. The number of para-hydroxylation sites is 1. The fraction of sp³-hybridized carbons (Fsp3) is 0.556. The molecule has 2 aliphatic carbocycles. The van der Waals surface area contributed by atoms with Crippen LogP contribution in [-0.4, -0.2) is 28.8 Å². The number of carbonyl (C=O) groups excluding carboxylic acids is 2. The third kappa shape index (κ3) is 1.66. The second-order valence-corrected chi connectivity index (χ2v) is 7.48. The van der Waals surface area contributed by atoms with E-state index in [-0.39, 0.29) is 11.8 Å². The molecule has 3 fully saturated rings. The number of hydrogen-bond donors (Lipinski definition) is 2. The Bertz CT molecular complexity index is 706. The molecule has 0 radical (unpaired) electrons. The quantitative estimate of drug-likeness (QED) is 0.877. The second kappa shape index (κ2) is 4.35. The third-order valence-electron chi connectivity index (χ3n) is 5.97. The number of nitrogens with one attached hydrogen (secondary N) is 2. The van der Waals surface area contributed by atoms with Crippen LogP contribution in [-0.2, 0) is 15.3 Å². The predicted molar refractivity (Wildman–Crippen MR) is 85.5 cm³/mol. The lowest BCUT2D eigenvalue weighted by molar-refractivity contribution is -0.140. The number of hydrogen-bond acceptors (Lipinski definition) is 3. The molecule has 2 N–H and O–H groups in total. The average Bonchev–Trinajstić information content (AvgIpc) is 3.10. The molecular weight excluding hydrogens is 290 g/mol. The molecule has 1 saturated heterocycles. The molecule has 1 atom stereocenters. The van der Waals surface area contributed by atoms with E-state index >= 15 is 0 Å². The zero-order valence-corrected chi connectivity index (χ0v) is 13.1. The first-order chi connectivity index (χ1) is 11.2. The van der Waals surface area contributed by atoms with Crippen LogP contribution in [0.1, 0.15) is 44.1 Å². The minimum atomic E-state index is -0.999. The van der Waals surface area contributed by atoms with Gasteiger partial charge >= 0.3 is 0 Å². The first-order valence-electron chi connectivity index (χ1n) is 8.68. The van der Waals surface area contributed by atoms with Gasteiger partial charge in [0.2, 0.25) is 11.6 Å². The van der Waals surface area contributed by atoms with Gasteiger partial charge in [-0.1, -0.05) is 31.0 Å². The van der Waals surface area contributed by atoms with E-state index < -0.39 is 11.2 Å². The van der Waals surface area contributed by atoms with Crippen LogP contribution < -0.4 is 10.6 Å². The van der Waals surface area contributed by atoms with Crippen molar-refractivity contribution in [2.75, 3.05) is 11.9 Å². The largest absolute Gasteiger partial charge is 0.322 e. The van der Waals surface area contributed by atoms with Crippen LogP contribution >= 0.6 is 0 Å². The van der Waals surface area contributed by atoms with Gasteiger partial charge < -0.3 is 10.2 Å². The molecule has 1 aromatic carbocycles. The highest BCUT2D eigenvalue weighted by Crippen LogP contribution is 2.50. The van der Waals surface area contributed by atoms with Crippen LogP contribution in [0, 0.1) is 5.92 Å². The van der Waals surface area contributed by atoms with Crippen LogP contribution in [0.4, 0.5) is 5.69 Å². The van der Waals surface area contributed by atoms with E-state index in [9.17, 15) is 9.59 Å². The van der Waals surface area contributed by atoms with Gasteiger partial charge in [-0.25, -0.2) is 0 Å². The molecule has 0 unspecified atom stereocenters. The molecule has 120 valence electrons. The van der Waals surface area contributed by atoms with E-state index in [1.54, 1.807) is 0 Å². The lowest BCUT2D eigenvalue weighted by atomic mass is 9.96. The Hall–Kier alpha value is -1.88. The van der Waals surface area contributed by atoms with Crippen LogP contribution in [0.3, 0.4) is 0 Å². The fourth-order valence-electron chi connectivity index (χ4n) is 4.61. The van der Waals surface area contributed by atoms with Crippen molar-refractivity contribution in [3.63, 3.8) is 0 Å². The number of benzene rings is 1. The number of carbonyl (C=O) groups is 2. The number of rotatable bonds is 2. The molecule has 0 bridgehead atoms. The SMILES string of the molecule is O=C1N(CC2CC2)[C@]2(NC13CCCC3)C(=O)Nc1ccccc12. The maximum absolute atomic E-state index is 13.3. The van der Waals surface area contributed by atoms with Crippen molar-refractivity contribution < 1.29 is 9.59 Å². The minimum absolute atomic E-state index is 0.100. The summed E-state index contributed by atoms with van der Waals surface area (Å²) in [6.45, 7) is 0.690. The van der Waals surface area contributed by atoms with Crippen LogP contribution in [0.5, 0.6) is 0 Å². The van der Waals surface area contributed by atoms with Gasteiger partial charge in [0.05, 0.1) is 0 Å². The maximum atomic E-state index is 13.3. The summed E-state index contributed by atoms with van der Waals surface area (Å²) in [5, 5.41) is 6.53. The van der Waals surface area contributed by atoms with Crippen molar-refractivity contribution in [3.8, 4) is 0 Å². The fourth-order valence-corrected chi connectivity index (χ4v) is 4.61. The van der Waals surface area contributed by atoms with Crippen LogP contribution in [0.2, 0.25) is 0 Å². The Kier molecular flexibility index (Phi) is 2.56. The molecule has 2 heterocycles. The smallest absolute Gasteiger partial charge is 0.270 e. The van der Waals surface area contributed by atoms with Crippen molar-refractivity contribution in [3.05, 3.63) is 29.8 Å². The van der Waals surface area contributed by atoms with E-state index in [0.717, 1.165) is 49.8 Å². The van der Waals surface area contributed by atoms with Crippen LogP contribution in [0.25, 0.3) is 0 Å². The van der Waals surface area contributed by atoms with Gasteiger partial charge in [0.15, 0.2) is 0 Å². The molecule has 2 saturated carbocycles. The third-order valence-corrected chi connectivity index (χ3v) is 5.97. The normalized spacial score (nSPS) is 31.2. The Morgan fingerprint density at radius 3 is 2.61 bits per heavy atom. The monoisotopic (exact) mass is 311 g/mol. The van der Waals surface area contributed by atoms with Crippen molar-refractivity contribution in [2.24, 2.45) is 5.92 Å². The molecule has 1 aromatic rings. The molecule has 2 amide bonds. The van der Waals surface area contributed by atoms with E-state index in [1.807, 2.05) is 29.2 Å². The van der Waals surface area contributed by atoms with Gasteiger partial charge in [0.25, 0.3) is 5.91 Å². The first-order valence-corrected chi connectivity index (χ1v) is 8.68. The highest BCUT2D eigenvalue weighted by Gasteiger charge is 2.66. The van der Waals surface area contributed by atoms with Crippen molar-refractivity contribution in [2.45, 2.75) is 49.7 Å². The maximum Gasteiger partial charge on any atom is 0.270 e. The lowest BCUT2D eigenvalue weighted by Gasteiger charge is -2.33. The van der Waals surface area contributed by atoms with E-state index in [2.05, 4.69) is 10.6 Å². The topological polar surface area (TPSA) is 61.4 Å². The number of fused-ring (bicyclic) bond motifs is 2. The summed E-state index contributed by atoms with van der Waals surface area (Å²) in [5.74, 6) is 0.583. The van der Waals surface area contributed by atoms with Gasteiger partial charge in [-0.3, -0.25) is 14.9 Å². The van der Waals surface area contributed by atoms with Gasteiger partial charge in [-0.05, 0) is 37.7 Å². The van der Waals surface area contributed by atoms with Gasteiger partial charge in [0, 0.05) is 17.8 Å². The zero-order valence-electron chi connectivity index (χ0n) is 13.1. The summed E-state index contributed by atoms with van der Waals surface area (Å²) in [4.78, 5) is 28.1. The average molecular weight is 311 g/mol. The summed E-state index contributed by atoms with van der Waals surface area (Å²) in [6, 6.07) is 7.76. The highest BCUT2D eigenvalue weighted by molar-refractivity contribution is 6.10. The second-order valence-electron chi connectivity index (χ2n) is 7.48. The van der Waals surface area contributed by atoms with Gasteiger partial charge in [-0.15, -0.1) is 0 Å². The van der Waals surface area contributed by atoms with Crippen molar-refractivity contribution in [1.29, 1.82) is 0 Å². The highest BCUT2D eigenvalue weighted by atomic mass is 16.2. The lowest BCUT2D eigenvalue weighted by Crippen LogP contribution is -2.56. The van der Waals surface area contributed by atoms with Crippen molar-refractivity contribution in [1.82, 2.24) is 10.2 Å². The Morgan fingerprint density at radius 1 is 1.13 bits per heavy atom. The number of anilines is 1. The predicted octanol–water partition coefficient (Wildman–Crippen LogP) is 1.95. The number of nitrogens with zero attached hydrogens (tertiary/aromatic N) is 1. The molecular formula is C18H21N3O2. The molecule has 23 heavy (non-hydrogen) atoms. The Balaban J connectivity index is 1.67. The van der Waals surface area contributed by atoms with Crippen LogP contribution in [0.15, 0.2) is 24.3 Å². The molecule has 0 aromatic heterocycles. The van der Waals surface area contributed by atoms with E-state index in [4.69, 9.17) is 0 Å². The van der Waals surface area contributed by atoms with Crippen molar-refractivity contribution >= 4 is 17.5 Å². The summed E-state index contributed by atoms with van der Waals surface area (Å²) in [6.07, 6.45) is 6.10. The summed E-state index contributed by atoms with van der Waals surface area (Å²) in [5.41, 5.74) is 0.195. The van der Waals surface area contributed by atoms with E-state index in [0.29, 0.717) is 12.5 Å². The first kappa shape index (κ1) is 13.5. The van der Waals surface area contributed by atoms with Gasteiger partial charge in [0.1, 0.15) is 5.54 Å².